The lowest BCUT2D eigenvalue weighted by Crippen LogP contribution is -2.43. The number of carbonyl (C=O) groups is 3. The molecule has 4 amide bonds. The largest absolute Gasteiger partial charge is 0.353 e. The number of fused-ring (bicyclic) bond motifs is 1. The van der Waals surface area contributed by atoms with Gasteiger partial charge >= 0.3 is 6.03 Å². The molecule has 8 nitrogen and oxygen atoms in total. The first kappa shape index (κ1) is 19.3. The monoisotopic (exact) mass is 401 g/mol. The predicted molar refractivity (Wildman–Crippen MR) is 109 cm³/mol. The van der Waals surface area contributed by atoms with Crippen molar-refractivity contribution in [2.75, 3.05) is 13.1 Å². The zero-order chi connectivity index (χ0) is 21.5. The van der Waals surface area contributed by atoms with E-state index in [1.165, 1.54) is 11.8 Å². The highest BCUT2D eigenvalue weighted by Gasteiger charge is 2.49. The van der Waals surface area contributed by atoms with Crippen molar-refractivity contribution in [3.8, 4) is 17.2 Å². The lowest BCUT2D eigenvalue weighted by molar-refractivity contribution is -0.132. The van der Waals surface area contributed by atoms with E-state index in [4.69, 9.17) is 5.26 Å². The Morgan fingerprint density at radius 3 is 2.53 bits per heavy atom. The summed E-state index contributed by atoms with van der Waals surface area (Å²) < 4.78 is 0. The molecular formula is C22H19N5O3. The minimum absolute atomic E-state index is 0.0889. The number of hydrogen-bond acceptors (Lipinski definition) is 5. The highest BCUT2D eigenvalue weighted by molar-refractivity contribution is 6.13. The van der Waals surface area contributed by atoms with Crippen LogP contribution >= 0.6 is 0 Å². The number of nitrogens with zero attached hydrogens (tertiary/aromatic N) is 4. The SMILES string of the molecule is CC(=O)N1CCN2C(=O)C(C)(c3cccc(-c4cccc(C#N)c4)c3)NC2=NC1=O. The summed E-state index contributed by atoms with van der Waals surface area (Å²) in [6.45, 7) is 3.30. The van der Waals surface area contributed by atoms with Crippen LogP contribution in [0.2, 0.25) is 0 Å². The van der Waals surface area contributed by atoms with Crippen LogP contribution in [0.3, 0.4) is 0 Å². The molecule has 1 N–H and O–H groups in total. The average Bonchev–Trinajstić information content (AvgIpc) is 2.88. The maximum absolute atomic E-state index is 13.3. The molecule has 0 radical (unpaired) electrons. The minimum atomic E-state index is -1.11. The van der Waals surface area contributed by atoms with E-state index in [9.17, 15) is 14.4 Å². The molecule has 1 unspecified atom stereocenters. The van der Waals surface area contributed by atoms with Crippen molar-refractivity contribution >= 4 is 23.8 Å². The van der Waals surface area contributed by atoms with Gasteiger partial charge in [0.1, 0.15) is 5.54 Å². The Kier molecular flexibility index (Phi) is 4.59. The Morgan fingerprint density at radius 1 is 1.13 bits per heavy atom. The van der Waals surface area contributed by atoms with Gasteiger partial charge in [0.2, 0.25) is 11.9 Å². The highest BCUT2D eigenvalue weighted by atomic mass is 16.2. The molecule has 2 aromatic carbocycles. The molecule has 2 heterocycles. The van der Waals surface area contributed by atoms with Crippen molar-refractivity contribution in [1.29, 1.82) is 5.26 Å². The number of rotatable bonds is 2. The van der Waals surface area contributed by atoms with Crippen LogP contribution in [0.25, 0.3) is 11.1 Å². The van der Waals surface area contributed by atoms with E-state index in [1.807, 2.05) is 36.4 Å². The first-order chi connectivity index (χ1) is 14.3. The van der Waals surface area contributed by atoms with Crippen LogP contribution in [0.15, 0.2) is 53.5 Å². The van der Waals surface area contributed by atoms with E-state index in [1.54, 1.807) is 19.1 Å². The molecule has 0 spiro atoms. The highest BCUT2D eigenvalue weighted by Crippen LogP contribution is 2.32. The zero-order valence-electron chi connectivity index (χ0n) is 16.5. The van der Waals surface area contributed by atoms with Crippen molar-refractivity contribution in [1.82, 2.24) is 15.1 Å². The Balaban J connectivity index is 1.71. The molecule has 0 bridgehead atoms. The minimum Gasteiger partial charge on any atom is -0.338 e. The summed E-state index contributed by atoms with van der Waals surface area (Å²) in [4.78, 5) is 43.5. The van der Waals surface area contributed by atoms with Crippen LogP contribution in [0.4, 0.5) is 4.79 Å². The third kappa shape index (κ3) is 3.10. The first-order valence-electron chi connectivity index (χ1n) is 9.45. The Hall–Kier alpha value is -3.99. The second kappa shape index (κ2) is 7.12. The molecule has 0 saturated carbocycles. The van der Waals surface area contributed by atoms with Crippen LogP contribution in [-0.4, -0.2) is 46.7 Å². The van der Waals surface area contributed by atoms with Gasteiger partial charge in [0.05, 0.1) is 11.6 Å². The van der Waals surface area contributed by atoms with Gasteiger partial charge in [-0.2, -0.15) is 10.3 Å². The molecule has 0 aliphatic carbocycles. The van der Waals surface area contributed by atoms with Crippen molar-refractivity contribution in [3.05, 3.63) is 59.7 Å². The molecule has 1 saturated heterocycles. The van der Waals surface area contributed by atoms with Gasteiger partial charge in [-0.3, -0.25) is 19.4 Å². The van der Waals surface area contributed by atoms with Gasteiger partial charge in [-0.1, -0.05) is 30.3 Å². The lowest BCUT2D eigenvalue weighted by Gasteiger charge is -2.24. The van der Waals surface area contributed by atoms with E-state index in [2.05, 4.69) is 16.4 Å². The summed E-state index contributed by atoms with van der Waals surface area (Å²) >= 11 is 0. The number of guanidine groups is 1. The van der Waals surface area contributed by atoms with Crippen molar-refractivity contribution in [2.45, 2.75) is 19.4 Å². The fourth-order valence-corrected chi connectivity index (χ4v) is 3.72. The number of hydrogen-bond donors (Lipinski definition) is 1. The van der Waals surface area contributed by atoms with Crippen molar-refractivity contribution in [2.24, 2.45) is 4.99 Å². The summed E-state index contributed by atoms with van der Waals surface area (Å²) in [7, 11) is 0. The van der Waals surface area contributed by atoms with Gasteiger partial charge in [-0.05, 0) is 41.8 Å². The Labute approximate surface area is 173 Å². The van der Waals surface area contributed by atoms with Crippen molar-refractivity contribution < 1.29 is 14.4 Å². The van der Waals surface area contributed by atoms with E-state index in [0.29, 0.717) is 11.1 Å². The fourth-order valence-electron chi connectivity index (χ4n) is 3.72. The summed E-state index contributed by atoms with van der Waals surface area (Å²) in [6, 6.07) is 16.1. The zero-order valence-corrected chi connectivity index (χ0v) is 16.5. The topological polar surface area (TPSA) is 106 Å². The standard InChI is InChI=1S/C22H19N5O3/c1-14(28)26-9-10-27-19(29)22(2,25-20(27)24-21(26)30)18-8-4-7-17(12-18)16-6-3-5-15(11-16)13-23/h3-8,11-12H,9-10H2,1-2H3,(H,24,25,30). The van der Waals surface area contributed by atoms with E-state index in [0.717, 1.165) is 16.0 Å². The quantitative estimate of drug-likeness (QED) is 0.831. The number of amides is 4. The number of nitriles is 1. The summed E-state index contributed by atoms with van der Waals surface area (Å²) in [5.74, 6) is -0.511. The number of carbonyl (C=O) groups excluding carboxylic acids is 3. The number of aliphatic imine (C=N–C) groups is 1. The number of nitrogens with one attached hydrogen (secondary N) is 1. The van der Waals surface area contributed by atoms with Gasteiger partial charge in [0.15, 0.2) is 0 Å². The maximum Gasteiger partial charge on any atom is 0.353 e. The van der Waals surface area contributed by atoms with Gasteiger partial charge in [0, 0.05) is 20.0 Å². The van der Waals surface area contributed by atoms with Crippen LogP contribution in [0.5, 0.6) is 0 Å². The fraction of sp³-hybridized carbons (Fsp3) is 0.227. The van der Waals surface area contributed by atoms with Gasteiger partial charge in [-0.15, -0.1) is 0 Å². The Morgan fingerprint density at radius 2 is 1.83 bits per heavy atom. The molecule has 1 fully saturated rings. The maximum atomic E-state index is 13.3. The lowest BCUT2D eigenvalue weighted by atomic mass is 9.89. The summed E-state index contributed by atoms with van der Waals surface area (Å²) in [5.41, 5.74) is 1.88. The molecule has 1 atom stereocenters. The number of benzene rings is 2. The molecule has 2 aromatic rings. The second-order valence-corrected chi connectivity index (χ2v) is 7.37. The molecule has 150 valence electrons. The number of urea groups is 1. The first-order valence-corrected chi connectivity index (χ1v) is 9.45. The summed E-state index contributed by atoms with van der Waals surface area (Å²) in [5, 5.41) is 12.2. The molecule has 2 aliphatic heterocycles. The molecule has 4 rings (SSSR count). The molecule has 0 aromatic heterocycles. The van der Waals surface area contributed by atoms with Crippen LogP contribution in [-0.2, 0) is 15.1 Å². The van der Waals surface area contributed by atoms with Gasteiger partial charge < -0.3 is 5.32 Å². The van der Waals surface area contributed by atoms with Gasteiger partial charge in [0.25, 0.3) is 5.91 Å². The third-order valence-electron chi connectivity index (χ3n) is 5.42. The summed E-state index contributed by atoms with van der Waals surface area (Å²) in [6.07, 6.45) is 0. The molecule has 2 aliphatic rings. The second-order valence-electron chi connectivity index (χ2n) is 7.37. The molecule has 8 heteroatoms. The smallest absolute Gasteiger partial charge is 0.338 e. The van der Waals surface area contributed by atoms with E-state index < -0.39 is 17.5 Å². The third-order valence-corrected chi connectivity index (χ3v) is 5.42. The van der Waals surface area contributed by atoms with Crippen molar-refractivity contribution in [3.63, 3.8) is 0 Å². The van der Waals surface area contributed by atoms with E-state index in [-0.39, 0.29) is 25.0 Å². The van der Waals surface area contributed by atoms with Crippen LogP contribution in [0.1, 0.15) is 25.0 Å². The molecule has 30 heavy (non-hydrogen) atoms. The van der Waals surface area contributed by atoms with Crippen LogP contribution < -0.4 is 5.32 Å². The predicted octanol–water partition coefficient (Wildman–Crippen LogP) is 2.21. The molecular weight excluding hydrogens is 382 g/mol. The Bertz CT molecular complexity index is 1150. The normalized spacial score (nSPS) is 20.8. The number of imide groups is 1. The van der Waals surface area contributed by atoms with E-state index >= 15 is 0 Å². The van der Waals surface area contributed by atoms with Crippen LogP contribution in [0, 0.1) is 11.3 Å². The van der Waals surface area contributed by atoms with Gasteiger partial charge in [-0.25, -0.2) is 4.79 Å². The average molecular weight is 401 g/mol.